The minimum absolute atomic E-state index is 0.0390. The van der Waals surface area contributed by atoms with E-state index in [0.29, 0.717) is 43.9 Å². The molecule has 1 N–H and O–H groups in total. The lowest BCUT2D eigenvalue weighted by molar-refractivity contribution is -0.117. The van der Waals surface area contributed by atoms with Crippen LogP contribution in [0.2, 0.25) is 0 Å². The van der Waals surface area contributed by atoms with Gasteiger partial charge in [0.05, 0.1) is 18.2 Å². The number of amides is 2. The Labute approximate surface area is 152 Å². The van der Waals surface area contributed by atoms with Gasteiger partial charge in [-0.3, -0.25) is 14.5 Å². The van der Waals surface area contributed by atoms with Gasteiger partial charge < -0.3 is 10.2 Å². The van der Waals surface area contributed by atoms with Crippen molar-refractivity contribution in [2.24, 2.45) is 0 Å². The van der Waals surface area contributed by atoms with Crippen molar-refractivity contribution in [2.45, 2.75) is 0 Å². The summed E-state index contributed by atoms with van der Waals surface area (Å²) in [5, 5.41) is 11.7. The Bertz CT molecular complexity index is 804. The Balaban J connectivity index is 1.48. The maximum atomic E-state index is 12.5. The van der Waals surface area contributed by atoms with Crippen LogP contribution in [-0.4, -0.2) is 54.3 Å². The molecule has 132 valence electrons. The number of carbonyl (C=O) groups excluding carboxylic acids is 2. The molecule has 3 rings (SSSR count). The molecule has 0 radical (unpaired) electrons. The fourth-order valence-corrected chi connectivity index (χ4v) is 2.90. The molecule has 0 saturated carbocycles. The van der Waals surface area contributed by atoms with E-state index in [4.69, 9.17) is 5.26 Å². The molecule has 26 heavy (non-hydrogen) atoms. The van der Waals surface area contributed by atoms with Crippen molar-refractivity contribution in [3.8, 4) is 6.07 Å². The number of nitrogens with zero attached hydrogens (tertiary/aromatic N) is 3. The molecule has 1 heterocycles. The molecule has 0 aliphatic carbocycles. The van der Waals surface area contributed by atoms with E-state index in [9.17, 15) is 9.59 Å². The molecule has 1 aliphatic rings. The summed E-state index contributed by atoms with van der Waals surface area (Å²) in [6.07, 6.45) is 0. The molecular formula is C20H20N4O2. The van der Waals surface area contributed by atoms with Crippen LogP contribution in [0.15, 0.2) is 54.6 Å². The second-order valence-electron chi connectivity index (χ2n) is 6.17. The first kappa shape index (κ1) is 17.6. The second kappa shape index (κ2) is 8.28. The van der Waals surface area contributed by atoms with Crippen LogP contribution in [0, 0.1) is 11.3 Å². The maximum Gasteiger partial charge on any atom is 0.253 e. The standard InChI is InChI=1S/C20H20N4O2/c21-14-16-6-8-17(9-7-16)20(26)24-12-10-23(11-13-24)15-19(25)22-18-4-2-1-3-5-18/h1-9H,10-13,15H2,(H,22,25). The van der Waals surface area contributed by atoms with Gasteiger partial charge in [-0.15, -0.1) is 0 Å². The molecule has 2 aromatic carbocycles. The number of anilines is 1. The van der Waals surface area contributed by atoms with Gasteiger partial charge in [-0.2, -0.15) is 5.26 Å². The van der Waals surface area contributed by atoms with Gasteiger partial charge >= 0.3 is 0 Å². The first-order chi connectivity index (χ1) is 12.7. The highest BCUT2D eigenvalue weighted by molar-refractivity contribution is 5.94. The number of para-hydroxylation sites is 1. The Morgan fingerprint density at radius 1 is 0.962 bits per heavy atom. The van der Waals surface area contributed by atoms with Crippen LogP contribution in [0.25, 0.3) is 0 Å². The molecule has 1 saturated heterocycles. The Morgan fingerprint density at radius 3 is 2.23 bits per heavy atom. The summed E-state index contributed by atoms with van der Waals surface area (Å²) in [4.78, 5) is 28.5. The second-order valence-corrected chi connectivity index (χ2v) is 6.17. The predicted molar refractivity (Wildman–Crippen MR) is 98.6 cm³/mol. The van der Waals surface area contributed by atoms with E-state index in [0.717, 1.165) is 5.69 Å². The summed E-state index contributed by atoms with van der Waals surface area (Å²) in [5.41, 5.74) is 1.90. The lowest BCUT2D eigenvalue weighted by Crippen LogP contribution is -2.50. The van der Waals surface area contributed by atoms with Gasteiger partial charge in [0.15, 0.2) is 0 Å². The third-order valence-electron chi connectivity index (χ3n) is 4.35. The number of nitrogens with one attached hydrogen (secondary N) is 1. The Morgan fingerprint density at radius 2 is 1.62 bits per heavy atom. The normalized spacial score (nSPS) is 14.5. The van der Waals surface area contributed by atoms with E-state index >= 15 is 0 Å². The van der Waals surface area contributed by atoms with Gasteiger partial charge in [-0.1, -0.05) is 18.2 Å². The smallest absolute Gasteiger partial charge is 0.253 e. The third kappa shape index (κ3) is 4.47. The Kier molecular flexibility index (Phi) is 5.62. The highest BCUT2D eigenvalue weighted by Crippen LogP contribution is 2.11. The van der Waals surface area contributed by atoms with Crippen LogP contribution in [0.1, 0.15) is 15.9 Å². The highest BCUT2D eigenvalue weighted by Gasteiger charge is 2.23. The van der Waals surface area contributed by atoms with Crippen molar-refractivity contribution in [2.75, 3.05) is 38.0 Å². The van der Waals surface area contributed by atoms with E-state index in [1.807, 2.05) is 41.3 Å². The Hall–Kier alpha value is -3.17. The van der Waals surface area contributed by atoms with E-state index in [-0.39, 0.29) is 11.8 Å². The first-order valence-corrected chi connectivity index (χ1v) is 8.52. The number of benzene rings is 2. The van der Waals surface area contributed by atoms with Crippen molar-refractivity contribution in [1.82, 2.24) is 9.80 Å². The molecule has 1 fully saturated rings. The quantitative estimate of drug-likeness (QED) is 0.916. The average molecular weight is 348 g/mol. The topological polar surface area (TPSA) is 76.4 Å². The number of rotatable bonds is 4. The largest absolute Gasteiger partial charge is 0.336 e. The van der Waals surface area contributed by atoms with E-state index in [2.05, 4.69) is 5.32 Å². The number of piperazine rings is 1. The van der Waals surface area contributed by atoms with Gasteiger partial charge in [-0.25, -0.2) is 0 Å². The van der Waals surface area contributed by atoms with Gasteiger partial charge in [0.1, 0.15) is 0 Å². The van der Waals surface area contributed by atoms with Gasteiger partial charge in [0.25, 0.3) is 5.91 Å². The molecule has 0 spiro atoms. The van der Waals surface area contributed by atoms with E-state index in [1.165, 1.54) is 0 Å². The molecular weight excluding hydrogens is 328 g/mol. The molecule has 2 aromatic rings. The number of hydrogen-bond acceptors (Lipinski definition) is 4. The van der Waals surface area contributed by atoms with E-state index in [1.54, 1.807) is 29.2 Å². The monoisotopic (exact) mass is 348 g/mol. The van der Waals surface area contributed by atoms with Gasteiger partial charge in [-0.05, 0) is 36.4 Å². The molecule has 0 atom stereocenters. The van der Waals surface area contributed by atoms with Gasteiger partial charge in [0.2, 0.25) is 5.91 Å². The lowest BCUT2D eigenvalue weighted by atomic mass is 10.1. The molecule has 2 amide bonds. The molecule has 0 bridgehead atoms. The van der Waals surface area contributed by atoms with Crippen molar-refractivity contribution in [3.63, 3.8) is 0 Å². The van der Waals surface area contributed by atoms with E-state index < -0.39 is 0 Å². The molecule has 0 aromatic heterocycles. The lowest BCUT2D eigenvalue weighted by Gasteiger charge is -2.34. The maximum absolute atomic E-state index is 12.5. The zero-order valence-corrected chi connectivity index (χ0v) is 14.4. The fraction of sp³-hybridized carbons (Fsp3) is 0.250. The third-order valence-corrected chi connectivity index (χ3v) is 4.35. The molecule has 1 aliphatic heterocycles. The van der Waals surface area contributed by atoms with Crippen LogP contribution >= 0.6 is 0 Å². The predicted octanol–water partition coefficient (Wildman–Crippen LogP) is 1.95. The summed E-state index contributed by atoms with van der Waals surface area (Å²) >= 11 is 0. The summed E-state index contributed by atoms with van der Waals surface area (Å²) in [7, 11) is 0. The van der Waals surface area contributed by atoms with Crippen LogP contribution in [0.5, 0.6) is 0 Å². The minimum Gasteiger partial charge on any atom is -0.336 e. The minimum atomic E-state index is -0.0527. The molecule has 6 nitrogen and oxygen atoms in total. The summed E-state index contributed by atoms with van der Waals surface area (Å²) in [6, 6.07) is 18.1. The summed E-state index contributed by atoms with van der Waals surface area (Å²) < 4.78 is 0. The summed E-state index contributed by atoms with van der Waals surface area (Å²) in [6.45, 7) is 2.79. The number of carbonyl (C=O) groups is 2. The van der Waals surface area contributed by atoms with Crippen LogP contribution in [-0.2, 0) is 4.79 Å². The van der Waals surface area contributed by atoms with Crippen LogP contribution in [0.3, 0.4) is 0 Å². The number of nitriles is 1. The number of hydrogen-bond donors (Lipinski definition) is 1. The fourth-order valence-electron chi connectivity index (χ4n) is 2.90. The first-order valence-electron chi connectivity index (χ1n) is 8.52. The molecule has 6 heteroatoms. The molecule has 0 unspecified atom stereocenters. The zero-order chi connectivity index (χ0) is 18.4. The SMILES string of the molecule is N#Cc1ccc(C(=O)N2CCN(CC(=O)Nc3ccccc3)CC2)cc1. The van der Waals surface area contributed by atoms with Crippen molar-refractivity contribution in [1.29, 1.82) is 5.26 Å². The summed E-state index contributed by atoms with van der Waals surface area (Å²) in [5.74, 6) is -0.0917. The van der Waals surface area contributed by atoms with Crippen molar-refractivity contribution in [3.05, 3.63) is 65.7 Å². The zero-order valence-electron chi connectivity index (χ0n) is 14.4. The van der Waals surface area contributed by atoms with Crippen molar-refractivity contribution >= 4 is 17.5 Å². The van der Waals surface area contributed by atoms with Crippen LogP contribution in [0.4, 0.5) is 5.69 Å². The van der Waals surface area contributed by atoms with Gasteiger partial charge in [0, 0.05) is 37.4 Å². The average Bonchev–Trinajstić information content (AvgIpc) is 2.69. The van der Waals surface area contributed by atoms with Crippen LogP contribution < -0.4 is 5.32 Å². The highest BCUT2D eigenvalue weighted by atomic mass is 16.2. The van der Waals surface area contributed by atoms with Crippen molar-refractivity contribution < 1.29 is 9.59 Å².